The molecule has 1 aliphatic rings. The number of hydrogen-bond donors (Lipinski definition) is 2. The predicted molar refractivity (Wildman–Crippen MR) is 90.0 cm³/mol. The molecule has 2 rings (SSSR count). The van der Waals surface area contributed by atoms with Crippen LogP contribution in [-0.4, -0.2) is 37.2 Å². The van der Waals surface area contributed by atoms with Gasteiger partial charge in [0.15, 0.2) is 0 Å². The van der Waals surface area contributed by atoms with Gasteiger partial charge < -0.3 is 20.7 Å². The van der Waals surface area contributed by atoms with Crippen LogP contribution in [0.3, 0.4) is 0 Å². The number of nitrogen functional groups attached to an aromatic ring is 1. The van der Waals surface area contributed by atoms with Crippen molar-refractivity contribution in [2.24, 2.45) is 0 Å². The molecule has 0 amide bonds. The van der Waals surface area contributed by atoms with Crippen molar-refractivity contribution in [3.05, 3.63) is 18.2 Å². The molecule has 1 heterocycles. The summed E-state index contributed by atoms with van der Waals surface area (Å²) in [7, 11) is 0. The third kappa shape index (κ3) is 4.53. The van der Waals surface area contributed by atoms with Crippen LogP contribution in [0.15, 0.2) is 18.2 Å². The fourth-order valence-electron chi connectivity index (χ4n) is 2.84. The Labute approximate surface area is 128 Å². The van der Waals surface area contributed by atoms with E-state index in [1.165, 1.54) is 38.9 Å². The van der Waals surface area contributed by atoms with Crippen LogP contribution in [0.4, 0.5) is 11.4 Å². The van der Waals surface area contributed by atoms with E-state index in [1.807, 2.05) is 18.2 Å². The van der Waals surface area contributed by atoms with E-state index in [1.54, 1.807) is 0 Å². The zero-order valence-electron chi connectivity index (χ0n) is 13.4. The van der Waals surface area contributed by atoms with Gasteiger partial charge in [-0.3, -0.25) is 0 Å². The monoisotopic (exact) mass is 291 g/mol. The van der Waals surface area contributed by atoms with Crippen LogP contribution in [0.2, 0.25) is 0 Å². The third-order valence-electron chi connectivity index (χ3n) is 4.01. The van der Waals surface area contributed by atoms with E-state index < -0.39 is 0 Å². The molecule has 0 radical (unpaired) electrons. The van der Waals surface area contributed by atoms with E-state index >= 15 is 0 Å². The normalized spacial score (nSPS) is 16.9. The van der Waals surface area contributed by atoms with Crippen LogP contribution in [0.5, 0.6) is 5.75 Å². The minimum absolute atomic E-state index is 0.516. The Kier molecular flexibility index (Phi) is 6.18. The highest BCUT2D eigenvalue weighted by molar-refractivity contribution is 5.73. The van der Waals surface area contributed by atoms with E-state index in [2.05, 4.69) is 24.1 Å². The minimum Gasteiger partial charge on any atom is -0.491 e. The highest BCUT2D eigenvalue weighted by atomic mass is 16.5. The maximum absolute atomic E-state index is 6.22. The Morgan fingerprint density at radius 1 is 1.24 bits per heavy atom. The Morgan fingerprint density at radius 2 is 2.00 bits per heavy atom. The number of likely N-dealkylation sites (tertiary alicyclic amines) is 1. The van der Waals surface area contributed by atoms with Crippen molar-refractivity contribution in [3.8, 4) is 5.75 Å². The third-order valence-corrected chi connectivity index (χ3v) is 4.01. The van der Waals surface area contributed by atoms with Gasteiger partial charge in [0.2, 0.25) is 0 Å². The van der Waals surface area contributed by atoms with Gasteiger partial charge in [-0.1, -0.05) is 19.9 Å². The van der Waals surface area contributed by atoms with Crippen molar-refractivity contribution >= 4 is 11.4 Å². The summed E-state index contributed by atoms with van der Waals surface area (Å²) in [5.41, 5.74) is 7.97. The van der Waals surface area contributed by atoms with Gasteiger partial charge in [0, 0.05) is 19.1 Å². The SMILES string of the molecule is CCCOc1cccc(NC2CCN(CCC)CC2)c1N. The smallest absolute Gasteiger partial charge is 0.144 e. The molecule has 21 heavy (non-hydrogen) atoms. The largest absolute Gasteiger partial charge is 0.491 e. The average Bonchev–Trinajstić information content (AvgIpc) is 2.50. The number of hydrogen-bond acceptors (Lipinski definition) is 4. The van der Waals surface area contributed by atoms with Crippen LogP contribution in [0, 0.1) is 0 Å². The number of ether oxygens (including phenoxy) is 1. The molecule has 0 aliphatic carbocycles. The lowest BCUT2D eigenvalue weighted by atomic mass is 10.0. The highest BCUT2D eigenvalue weighted by Gasteiger charge is 2.19. The Morgan fingerprint density at radius 3 is 2.67 bits per heavy atom. The van der Waals surface area contributed by atoms with Gasteiger partial charge in [0.05, 0.1) is 18.0 Å². The number of benzene rings is 1. The topological polar surface area (TPSA) is 50.5 Å². The number of anilines is 2. The fourth-order valence-corrected chi connectivity index (χ4v) is 2.84. The lowest BCUT2D eigenvalue weighted by molar-refractivity contribution is 0.219. The van der Waals surface area contributed by atoms with Crippen LogP contribution < -0.4 is 15.8 Å². The first-order valence-electron chi connectivity index (χ1n) is 8.24. The van der Waals surface area contributed by atoms with Gasteiger partial charge in [0.1, 0.15) is 5.75 Å². The quantitative estimate of drug-likeness (QED) is 0.757. The fraction of sp³-hybridized carbons (Fsp3) is 0.647. The summed E-state index contributed by atoms with van der Waals surface area (Å²) in [6.45, 7) is 8.63. The molecule has 118 valence electrons. The van der Waals surface area contributed by atoms with Crippen molar-refractivity contribution in [3.63, 3.8) is 0 Å². The summed E-state index contributed by atoms with van der Waals surface area (Å²) in [5, 5.41) is 3.60. The molecular formula is C17H29N3O. The maximum Gasteiger partial charge on any atom is 0.144 e. The molecule has 3 N–H and O–H groups in total. The molecule has 0 spiro atoms. The summed E-state index contributed by atoms with van der Waals surface area (Å²) in [6, 6.07) is 6.52. The van der Waals surface area contributed by atoms with E-state index in [4.69, 9.17) is 10.5 Å². The van der Waals surface area contributed by atoms with Gasteiger partial charge in [-0.05, 0) is 44.4 Å². The van der Waals surface area contributed by atoms with E-state index in [0.29, 0.717) is 12.6 Å². The van der Waals surface area contributed by atoms with Gasteiger partial charge in [-0.25, -0.2) is 0 Å². The van der Waals surface area contributed by atoms with Crippen LogP contribution in [0.1, 0.15) is 39.5 Å². The van der Waals surface area contributed by atoms with Gasteiger partial charge in [0.25, 0.3) is 0 Å². The van der Waals surface area contributed by atoms with Gasteiger partial charge in [-0.2, -0.15) is 0 Å². The molecule has 0 unspecified atom stereocenters. The zero-order chi connectivity index (χ0) is 15.1. The van der Waals surface area contributed by atoms with Gasteiger partial charge >= 0.3 is 0 Å². The summed E-state index contributed by atoms with van der Waals surface area (Å²) in [4.78, 5) is 2.54. The molecule has 0 saturated carbocycles. The molecule has 0 atom stereocenters. The van der Waals surface area contributed by atoms with Crippen molar-refractivity contribution in [2.45, 2.75) is 45.6 Å². The molecule has 1 aromatic carbocycles. The molecule has 1 aliphatic heterocycles. The minimum atomic E-state index is 0.516. The number of piperidine rings is 1. The molecule has 1 fully saturated rings. The highest BCUT2D eigenvalue weighted by Crippen LogP contribution is 2.31. The predicted octanol–water partition coefficient (Wildman–Crippen LogP) is 3.34. The maximum atomic E-state index is 6.22. The number of para-hydroxylation sites is 1. The Bertz CT molecular complexity index is 428. The first-order chi connectivity index (χ1) is 10.2. The van der Waals surface area contributed by atoms with Crippen LogP contribution in [-0.2, 0) is 0 Å². The summed E-state index contributed by atoms with van der Waals surface area (Å²) >= 11 is 0. The van der Waals surface area contributed by atoms with Crippen molar-refractivity contribution in [1.82, 2.24) is 4.90 Å². The molecule has 0 bridgehead atoms. The van der Waals surface area contributed by atoms with Gasteiger partial charge in [-0.15, -0.1) is 0 Å². The van der Waals surface area contributed by atoms with Crippen molar-refractivity contribution < 1.29 is 4.74 Å². The first-order valence-corrected chi connectivity index (χ1v) is 8.24. The second-order valence-electron chi connectivity index (χ2n) is 5.83. The Balaban J connectivity index is 1.91. The van der Waals surface area contributed by atoms with Crippen LogP contribution >= 0.6 is 0 Å². The molecular weight excluding hydrogens is 262 g/mol. The lowest BCUT2D eigenvalue weighted by Crippen LogP contribution is -2.39. The lowest BCUT2D eigenvalue weighted by Gasteiger charge is -2.33. The van der Waals surface area contributed by atoms with Crippen molar-refractivity contribution in [2.75, 3.05) is 37.3 Å². The van der Waals surface area contributed by atoms with E-state index in [9.17, 15) is 0 Å². The first kappa shape index (κ1) is 16.0. The number of nitrogens with two attached hydrogens (primary N) is 1. The average molecular weight is 291 g/mol. The second kappa shape index (κ2) is 8.13. The Hall–Kier alpha value is -1.42. The summed E-state index contributed by atoms with van der Waals surface area (Å²) in [5.74, 6) is 0.797. The molecule has 4 nitrogen and oxygen atoms in total. The molecule has 1 saturated heterocycles. The number of nitrogens with one attached hydrogen (secondary N) is 1. The second-order valence-corrected chi connectivity index (χ2v) is 5.83. The van der Waals surface area contributed by atoms with Crippen molar-refractivity contribution in [1.29, 1.82) is 0 Å². The number of nitrogens with zero attached hydrogens (tertiary/aromatic N) is 1. The summed E-state index contributed by atoms with van der Waals surface area (Å²) < 4.78 is 5.69. The molecule has 0 aromatic heterocycles. The number of rotatable bonds is 7. The molecule has 4 heteroatoms. The zero-order valence-corrected chi connectivity index (χ0v) is 13.4. The van der Waals surface area contributed by atoms with E-state index in [0.717, 1.165) is 23.5 Å². The van der Waals surface area contributed by atoms with Crippen LogP contribution in [0.25, 0.3) is 0 Å². The van der Waals surface area contributed by atoms with E-state index in [-0.39, 0.29) is 0 Å². The molecule has 1 aromatic rings. The standard InChI is InChI=1S/C17H29N3O/c1-3-10-20-11-8-14(9-12-20)19-15-6-5-7-16(17(15)18)21-13-4-2/h5-7,14,19H,3-4,8-13,18H2,1-2H3. The summed E-state index contributed by atoms with van der Waals surface area (Å²) in [6.07, 6.45) is 4.59.